The Morgan fingerprint density at radius 1 is 1.24 bits per heavy atom. The van der Waals surface area contributed by atoms with Crippen LogP contribution in [0.5, 0.6) is 0 Å². The van der Waals surface area contributed by atoms with Crippen molar-refractivity contribution >= 4 is 38.0 Å². The Labute approximate surface area is 134 Å². The Kier molecular flexibility index (Phi) is 8.29. The van der Waals surface area contributed by atoms with Crippen molar-refractivity contribution in [3.05, 3.63) is 0 Å². The summed E-state index contributed by atoms with van der Waals surface area (Å²) in [5.41, 5.74) is 0. The molecule has 1 fully saturated rings. The summed E-state index contributed by atoms with van der Waals surface area (Å²) in [5, 5.41) is 0.259. The van der Waals surface area contributed by atoms with E-state index < -0.39 is 20.4 Å². The van der Waals surface area contributed by atoms with Gasteiger partial charge in [-0.3, -0.25) is 9.35 Å². The third-order valence-corrected chi connectivity index (χ3v) is 8.68. The monoisotopic (exact) mass is 360 g/mol. The highest BCUT2D eigenvalue weighted by atomic mass is 32.3. The molecule has 5 nitrogen and oxygen atoms in total. The van der Waals surface area contributed by atoms with Crippen LogP contribution < -0.4 is 0 Å². The van der Waals surface area contributed by atoms with Gasteiger partial charge in [-0.1, -0.05) is 20.8 Å². The molecule has 0 saturated heterocycles. The largest absolute Gasteiger partial charge is 0.352 e. The molecule has 8 heteroatoms. The van der Waals surface area contributed by atoms with E-state index in [-0.39, 0.29) is 21.5 Å². The first-order chi connectivity index (χ1) is 9.22. The molecule has 0 radical (unpaired) electrons. The maximum atomic E-state index is 10.8. The molecule has 0 amide bonds. The van der Waals surface area contributed by atoms with Gasteiger partial charge in [0.1, 0.15) is 5.78 Å². The van der Waals surface area contributed by atoms with Gasteiger partial charge in [-0.05, 0) is 18.9 Å². The molecule has 0 spiro atoms. The van der Waals surface area contributed by atoms with Crippen molar-refractivity contribution in [3.8, 4) is 0 Å². The predicted octanol–water partition coefficient (Wildman–Crippen LogP) is 3.05. The second-order valence-corrected chi connectivity index (χ2v) is 13.2. The molecule has 2 N–H and O–H groups in total. The Hall–Kier alpha value is 0.240. The fourth-order valence-corrected chi connectivity index (χ4v) is 3.39. The SMILES string of the molecule is CC(C)(C)S(C)(C)O.O=C1CCC(SCCS(=O)(=O)O)C1. The quantitative estimate of drug-likeness (QED) is 0.749. The fraction of sp³-hybridized carbons (Fsp3) is 0.923. The molecule has 1 atom stereocenters. The molecule has 0 aliphatic heterocycles. The van der Waals surface area contributed by atoms with Gasteiger partial charge in [0, 0.05) is 28.6 Å². The zero-order valence-corrected chi connectivity index (χ0v) is 15.9. The Balaban J connectivity index is 0.000000433. The first-order valence-electron chi connectivity index (χ1n) is 6.76. The number of thioether (sulfide) groups is 1. The highest BCUT2D eigenvalue weighted by molar-refractivity contribution is 8.29. The average Bonchev–Trinajstić information content (AvgIpc) is 2.60. The molecule has 1 aliphatic carbocycles. The molecule has 0 heterocycles. The lowest BCUT2D eigenvalue weighted by Gasteiger charge is -2.38. The first-order valence-corrected chi connectivity index (χ1v) is 11.8. The van der Waals surface area contributed by atoms with Gasteiger partial charge < -0.3 is 4.55 Å². The van der Waals surface area contributed by atoms with Gasteiger partial charge in [0.15, 0.2) is 0 Å². The van der Waals surface area contributed by atoms with Gasteiger partial charge in [-0.15, -0.1) is 10.3 Å². The van der Waals surface area contributed by atoms with Crippen molar-refractivity contribution < 1.29 is 22.3 Å². The number of Topliss-reactive ketones (excluding diaryl/α,β-unsaturated/α-hetero) is 1. The van der Waals surface area contributed by atoms with Gasteiger partial charge in [0.25, 0.3) is 10.1 Å². The van der Waals surface area contributed by atoms with E-state index in [1.165, 1.54) is 11.8 Å². The summed E-state index contributed by atoms with van der Waals surface area (Å²) in [6.07, 6.45) is 5.83. The van der Waals surface area contributed by atoms with Gasteiger partial charge in [0.2, 0.25) is 0 Å². The maximum Gasteiger partial charge on any atom is 0.265 e. The lowest BCUT2D eigenvalue weighted by atomic mass is 10.3. The molecule has 0 aromatic rings. The number of hydrogen-bond donors (Lipinski definition) is 2. The summed E-state index contributed by atoms with van der Waals surface area (Å²) in [7, 11) is -5.18. The van der Waals surface area contributed by atoms with Crippen LogP contribution in [0.4, 0.5) is 0 Å². The van der Waals surface area contributed by atoms with Crippen LogP contribution in [0.1, 0.15) is 40.0 Å². The topological polar surface area (TPSA) is 91.7 Å². The molecule has 1 aliphatic rings. The van der Waals surface area contributed by atoms with Crippen LogP contribution in [-0.4, -0.2) is 57.3 Å². The summed E-state index contributed by atoms with van der Waals surface area (Å²) in [6.45, 7) is 6.17. The zero-order valence-electron chi connectivity index (χ0n) is 13.5. The Morgan fingerprint density at radius 2 is 1.71 bits per heavy atom. The van der Waals surface area contributed by atoms with Crippen LogP contribution in [-0.2, 0) is 14.9 Å². The lowest BCUT2D eigenvalue weighted by Crippen LogP contribution is -2.21. The van der Waals surface area contributed by atoms with Gasteiger partial charge in [0.05, 0.1) is 5.75 Å². The lowest BCUT2D eigenvalue weighted by molar-refractivity contribution is -0.117. The van der Waals surface area contributed by atoms with E-state index in [1.54, 1.807) is 0 Å². The number of ketones is 1. The van der Waals surface area contributed by atoms with Gasteiger partial charge in [-0.25, -0.2) is 0 Å². The van der Waals surface area contributed by atoms with E-state index in [2.05, 4.69) is 20.8 Å². The van der Waals surface area contributed by atoms with Gasteiger partial charge >= 0.3 is 0 Å². The van der Waals surface area contributed by atoms with E-state index >= 15 is 0 Å². The summed E-state index contributed by atoms with van der Waals surface area (Å²) in [6, 6.07) is 0. The molecule has 21 heavy (non-hydrogen) atoms. The van der Waals surface area contributed by atoms with Crippen LogP contribution in [0.15, 0.2) is 0 Å². The van der Waals surface area contributed by atoms with Crippen molar-refractivity contribution in [1.29, 1.82) is 0 Å². The van der Waals surface area contributed by atoms with Crippen LogP contribution in [0, 0.1) is 0 Å². The highest BCUT2D eigenvalue weighted by Gasteiger charge is 2.24. The molecular formula is C13H28O5S3. The Bertz CT molecular complexity index is 420. The summed E-state index contributed by atoms with van der Waals surface area (Å²) >= 11 is 1.45. The average molecular weight is 361 g/mol. The van der Waals surface area contributed by atoms with E-state index in [0.717, 1.165) is 6.42 Å². The van der Waals surface area contributed by atoms with Crippen LogP contribution in [0.3, 0.4) is 0 Å². The smallest absolute Gasteiger partial charge is 0.265 e. The van der Waals surface area contributed by atoms with Crippen molar-refractivity contribution in [2.75, 3.05) is 24.0 Å². The van der Waals surface area contributed by atoms with Crippen molar-refractivity contribution in [2.45, 2.75) is 50.0 Å². The normalized spacial score (nSPS) is 20.9. The fourth-order valence-electron chi connectivity index (χ4n) is 1.24. The summed E-state index contributed by atoms with van der Waals surface area (Å²) in [4.78, 5) is 10.8. The first kappa shape index (κ1) is 21.2. The number of carbonyl (C=O) groups excluding carboxylic acids is 1. The third-order valence-electron chi connectivity index (χ3n) is 3.39. The Morgan fingerprint density at radius 3 is 2.00 bits per heavy atom. The maximum absolute atomic E-state index is 10.8. The molecule has 1 rings (SSSR count). The number of hydrogen-bond acceptors (Lipinski definition) is 5. The van der Waals surface area contributed by atoms with Crippen LogP contribution in [0.2, 0.25) is 0 Å². The minimum Gasteiger partial charge on any atom is -0.352 e. The van der Waals surface area contributed by atoms with Crippen molar-refractivity contribution in [1.82, 2.24) is 0 Å². The van der Waals surface area contributed by atoms with E-state index in [1.807, 2.05) is 12.5 Å². The van der Waals surface area contributed by atoms with E-state index in [0.29, 0.717) is 18.6 Å². The van der Waals surface area contributed by atoms with E-state index in [9.17, 15) is 17.8 Å². The van der Waals surface area contributed by atoms with E-state index in [4.69, 9.17) is 4.55 Å². The summed E-state index contributed by atoms with van der Waals surface area (Å²) < 4.78 is 38.6. The molecule has 0 bridgehead atoms. The highest BCUT2D eigenvalue weighted by Crippen LogP contribution is 2.48. The molecular weight excluding hydrogens is 332 g/mol. The molecule has 1 unspecified atom stereocenters. The number of carbonyl (C=O) groups is 1. The molecule has 0 aromatic heterocycles. The number of rotatable bonds is 4. The van der Waals surface area contributed by atoms with Gasteiger partial charge in [-0.2, -0.15) is 20.2 Å². The van der Waals surface area contributed by atoms with Crippen molar-refractivity contribution in [2.24, 2.45) is 0 Å². The second kappa shape index (κ2) is 8.19. The predicted molar refractivity (Wildman–Crippen MR) is 93.3 cm³/mol. The minimum atomic E-state index is -3.84. The third kappa shape index (κ3) is 10.6. The minimum absolute atomic E-state index is 0.0764. The van der Waals surface area contributed by atoms with Crippen molar-refractivity contribution in [3.63, 3.8) is 0 Å². The van der Waals surface area contributed by atoms with Crippen LogP contribution in [0.25, 0.3) is 0 Å². The second-order valence-electron chi connectivity index (χ2n) is 6.45. The summed E-state index contributed by atoms with van der Waals surface area (Å²) in [5.74, 6) is 0.406. The molecule has 0 aromatic carbocycles. The standard InChI is InChI=1S/C7H12O4S2.C6H16OS/c8-6-1-2-7(5-6)12-3-4-13(9,10)11;1-6(2,3)8(4,5)7/h7H,1-5H2,(H,9,10,11);7H,1-5H3. The van der Waals surface area contributed by atoms with Crippen LogP contribution >= 0.6 is 22.1 Å². The zero-order chi connectivity index (χ0) is 16.9. The molecule has 1 saturated carbocycles. The molecule has 128 valence electrons.